The fraction of sp³-hybridized carbons (Fsp3) is 0.154. The molecule has 2 rings (SSSR count). The van der Waals surface area contributed by atoms with Crippen molar-refractivity contribution < 1.29 is 9.90 Å². The molecule has 0 saturated carbocycles. The zero-order valence-corrected chi connectivity index (χ0v) is 11.1. The Morgan fingerprint density at radius 1 is 1.25 bits per heavy atom. The van der Waals surface area contributed by atoms with Gasteiger partial charge < -0.3 is 5.11 Å². The van der Waals surface area contributed by atoms with Gasteiger partial charge in [0.1, 0.15) is 5.02 Å². The number of hydrogen-bond acceptors (Lipinski definition) is 3. The molecule has 0 amide bonds. The molecule has 0 radical (unpaired) electrons. The average molecular weight is 295 g/mol. The van der Waals surface area contributed by atoms with Gasteiger partial charge in [-0.2, -0.15) is 0 Å². The fourth-order valence-electron chi connectivity index (χ4n) is 1.83. The Hall–Kier alpha value is -2.34. The minimum Gasteiger partial charge on any atom is -0.481 e. The van der Waals surface area contributed by atoms with E-state index in [0.717, 1.165) is 0 Å². The van der Waals surface area contributed by atoms with Crippen molar-refractivity contribution in [3.63, 3.8) is 0 Å². The van der Waals surface area contributed by atoms with Gasteiger partial charge in [-0.15, -0.1) is 0 Å². The SMILES string of the molecule is O=C(O)Cc1ccccc1Cn1cc(Cl)c(=O)[nH]c1=O. The Kier molecular flexibility index (Phi) is 4.05. The molecular formula is C13H11ClN2O4. The molecule has 0 fully saturated rings. The van der Waals surface area contributed by atoms with Gasteiger partial charge in [0, 0.05) is 6.20 Å². The minimum atomic E-state index is -0.954. The third-order valence-electron chi connectivity index (χ3n) is 2.77. The number of aromatic nitrogens is 2. The molecule has 1 aromatic heterocycles. The second-order valence-corrected chi connectivity index (χ2v) is 4.61. The van der Waals surface area contributed by atoms with Gasteiger partial charge >= 0.3 is 11.7 Å². The van der Waals surface area contributed by atoms with E-state index in [1.807, 2.05) is 0 Å². The zero-order valence-electron chi connectivity index (χ0n) is 10.3. The highest BCUT2D eigenvalue weighted by atomic mass is 35.5. The van der Waals surface area contributed by atoms with Gasteiger partial charge in [0.15, 0.2) is 0 Å². The van der Waals surface area contributed by atoms with E-state index in [9.17, 15) is 14.4 Å². The lowest BCUT2D eigenvalue weighted by Gasteiger charge is -2.09. The van der Waals surface area contributed by atoms with Crippen LogP contribution in [0.15, 0.2) is 40.1 Å². The number of nitrogens with zero attached hydrogens (tertiary/aromatic N) is 1. The second-order valence-electron chi connectivity index (χ2n) is 4.20. The fourth-order valence-corrected chi connectivity index (χ4v) is 2.00. The first-order valence-corrected chi connectivity index (χ1v) is 6.13. The number of nitrogens with one attached hydrogen (secondary N) is 1. The monoisotopic (exact) mass is 294 g/mol. The lowest BCUT2D eigenvalue weighted by Crippen LogP contribution is -2.30. The smallest absolute Gasteiger partial charge is 0.328 e. The molecule has 6 nitrogen and oxygen atoms in total. The molecule has 0 unspecified atom stereocenters. The number of aliphatic carboxylic acids is 1. The first kappa shape index (κ1) is 14.1. The summed E-state index contributed by atoms with van der Waals surface area (Å²) in [5.74, 6) is -0.954. The topological polar surface area (TPSA) is 92.2 Å². The summed E-state index contributed by atoms with van der Waals surface area (Å²) in [7, 11) is 0. The summed E-state index contributed by atoms with van der Waals surface area (Å²) in [6.07, 6.45) is 1.10. The third kappa shape index (κ3) is 3.16. The molecule has 0 aliphatic rings. The number of hydrogen-bond donors (Lipinski definition) is 2. The molecule has 104 valence electrons. The standard InChI is InChI=1S/C13H11ClN2O4/c14-10-7-16(13(20)15-12(10)19)6-9-4-2-1-3-8(9)5-11(17)18/h1-4,7H,5-6H2,(H,17,18)(H,15,19,20). The summed E-state index contributed by atoms with van der Waals surface area (Å²) in [6, 6.07) is 6.88. The highest BCUT2D eigenvalue weighted by Crippen LogP contribution is 2.11. The summed E-state index contributed by atoms with van der Waals surface area (Å²) in [5, 5.41) is 8.76. The molecule has 1 aromatic carbocycles. The molecule has 0 atom stereocenters. The van der Waals surface area contributed by atoms with Crippen LogP contribution < -0.4 is 11.2 Å². The first-order chi connectivity index (χ1) is 9.47. The molecule has 0 bridgehead atoms. The number of rotatable bonds is 4. The van der Waals surface area contributed by atoms with Crippen LogP contribution in [0.4, 0.5) is 0 Å². The van der Waals surface area contributed by atoms with Crippen LogP contribution in [0.3, 0.4) is 0 Å². The maximum atomic E-state index is 11.7. The summed E-state index contributed by atoms with van der Waals surface area (Å²) in [5.41, 5.74) is 0.0469. The van der Waals surface area contributed by atoms with Crippen LogP contribution in [0.5, 0.6) is 0 Å². The lowest BCUT2D eigenvalue weighted by molar-refractivity contribution is -0.136. The highest BCUT2D eigenvalue weighted by Gasteiger charge is 2.09. The number of aromatic amines is 1. The van der Waals surface area contributed by atoms with Gasteiger partial charge in [-0.1, -0.05) is 35.9 Å². The van der Waals surface area contributed by atoms with Crippen molar-refractivity contribution >= 4 is 17.6 Å². The van der Waals surface area contributed by atoms with E-state index in [4.69, 9.17) is 16.7 Å². The van der Waals surface area contributed by atoms with Crippen molar-refractivity contribution in [3.8, 4) is 0 Å². The van der Waals surface area contributed by atoms with Gasteiger partial charge in [0.05, 0.1) is 13.0 Å². The predicted molar refractivity (Wildman–Crippen MR) is 73.2 cm³/mol. The quantitative estimate of drug-likeness (QED) is 0.875. The number of benzene rings is 1. The Labute approximate surface area is 118 Å². The Bertz CT molecular complexity index is 763. The van der Waals surface area contributed by atoms with E-state index < -0.39 is 17.2 Å². The van der Waals surface area contributed by atoms with E-state index in [1.54, 1.807) is 24.3 Å². The van der Waals surface area contributed by atoms with Crippen molar-refractivity contribution in [1.29, 1.82) is 0 Å². The summed E-state index contributed by atoms with van der Waals surface area (Å²) in [6.45, 7) is 0.138. The van der Waals surface area contributed by atoms with Gasteiger partial charge in [0.25, 0.3) is 5.56 Å². The summed E-state index contributed by atoms with van der Waals surface area (Å²) < 4.78 is 1.23. The van der Waals surface area contributed by atoms with Crippen LogP contribution in [-0.2, 0) is 17.8 Å². The lowest BCUT2D eigenvalue weighted by atomic mass is 10.0. The molecule has 20 heavy (non-hydrogen) atoms. The molecule has 1 heterocycles. The number of halogens is 1. The largest absolute Gasteiger partial charge is 0.481 e. The zero-order chi connectivity index (χ0) is 14.7. The molecule has 7 heteroatoms. The maximum Gasteiger partial charge on any atom is 0.328 e. The van der Waals surface area contributed by atoms with Crippen LogP contribution in [0.25, 0.3) is 0 Å². The summed E-state index contributed by atoms with van der Waals surface area (Å²) >= 11 is 5.68. The van der Waals surface area contributed by atoms with Crippen molar-refractivity contribution in [1.82, 2.24) is 9.55 Å². The van der Waals surface area contributed by atoms with E-state index >= 15 is 0 Å². The number of H-pyrrole nitrogens is 1. The van der Waals surface area contributed by atoms with Crippen LogP contribution in [0.2, 0.25) is 5.02 Å². The normalized spacial score (nSPS) is 10.4. The van der Waals surface area contributed by atoms with Gasteiger partial charge in [-0.25, -0.2) is 4.79 Å². The Morgan fingerprint density at radius 2 is 1.90 bits per heavy atom. The highest BCUT2D eigenvalue weighted by molar-refractivity contribution is 6.30. The van der Waals surface area contributed by atoms with E-state index in [-0.39, 0.29) is 18.0 Å². The molecule has 2 aromatic rings. The summed E-state index contributed by atoms with van der Waals surface area (Å²) in [4.78, 5) is 35.7. The van der Waals surface area contributed by atoms with E-state index in [2.05, 4.69) is 4.98 Å². The van der Waals surface area contributed by atoms with E-state index in [1.165, 1.54) is 10.8 Å². The van der Waals surface area contributed by atoms with Gasteiger partial charge in [-0.3, -0.25) is 19.1 Å². The number of carboxylic acids is 1. The van der Waals surface area contributed by atoms with Crippen LogP contribution in [-0.4, -0.2) is 20.6 Å². The molecule has 0 spiro atoms. The van der Waals surface area contributed by atoms with Crippen molar-refractivity contribution in [3.05, 3.63) is 67.4 Å². The first-order valence-electron chi connectivity index (χ1n) is 5.75. The third-order valence-corrected chi connectivity index (χ3v) is 3.04. The van der Waals surface area contributed by atoms with Crippen LogP contribution >= 0.6 is 11.6 Å². The van der Waals surface area contributed by atoms with Gasteiger partial charge in [-0.05, 0) is 11.1 Å². The molecule has 0 aliphatic heterocycles. The minimum absolute atomic E-state index is 0.0969. The van der Waals surface area contributed by atoms with Gasteiger partial charge in [0.2, 0.25) is 0 Å². The predicted octanol–water partition coefficient (Wildman–Crippen LogP) is 0.865. The van der Waals surface area contributed by atoms with E-state index in [0.29, 0.717) is 11.1 Å². The van der Waals surface area contributed by atoms with Crippen molar-refractivity contribution in [2.24, 2.45) is 0 Å². The van der Waals surface area contributed by atoms with Crippen LogP contribution in [0.1, 0.15) is 11.1 Å². The second kappa shape index (κ2) is 5.75. The maximum absolute atomic E-state index is 11.7. The van der Waals surface area contributed by atoms with Crippen molar-refractivity contribution in [2.75, 3.05) is 0 Å². The molecule has 2 N–H and O–H groups in total. The average Bonchev–Trinajstić information content (AvgIpc) is 2.37. The molecule has 0 saturated heterocycles. The molecular weight excluding hydrogens is 284 g/mol. The molecule has 0 aliphatic carbocycles. The van der Waals surface area contributed by atoms with Crippen molar-refractivity contribution in [2.45, 2.75) is 13.0 Å². The van der Waals surface area contributed by atoms with Crippen LogP contribution in [0, 0.1) is 0 Å². The number of carboxylic acid groups (broad SMARTS) is 1. The Balaban J connectivity index is 2.40. The number of carbonyl (C=O) groups is 1. The Morgan fingerprint density at radius 3 is 2.55 bits per heavy atom.